The van der Waals surface area contributed by atoms with Crippen molar-refractivity contribution in [2.75, 3.05) is 19.8 Å². The quantitative estimate of drug-likeness (QED) is 0.512. The van der Waals surface area contributed by atoms with Crippen LogP contribution in [-0.4, -0.2) is 48.1 Å². The van der Waals surface area contributed by atoms with E-state index in [1.165, 1.54) is 6.92 Å². The summed E-state index contributed by atoms with van der Waals surface area (Å²) >= 11 is 0. The van der Waals surface area contributed by atoms with Gasteiger partial charge < -0.3 is 19.7 Å². The molecule has 0 spiro atoms. The van der Waals surface area contributed by atoms with E-state index in [-0.39, 0.29) is 13.2 Å². The van der Waals surface area contributed by atoms with Gasteiger partial charge in [-0.3, -0.25) is 4.79 Å². The van der Waals surface area contributed by atoms with E-state index in [0.717, 1.165) is 0 Å². The molecule has 0 radical (unpaired) electrons. The molecule has 0 saturated carbocycles. The minimum Gasteiger partial charge on any atom is -0.463 e. The Labute approximate surface area is 75.1 Å². The summed E-state index contributed by atoms with van der Waals surface area (Å²) in [6.07, 6.45) is -1.06. The van der Waals surface area contributed by atoms with Crippen LogP contribution in [0.3, 0.4) is 0 Å². The van der Waals surface area contributed by atoms with Gasteiger partial charge in [-0.2, -0.15) is 0 Å². The summed E-state index contributed by atoms with van der Waals surface area (Å²) < 4.78 is 8.78. The van der Waals surface area contributed by atoms with Crippen LogP contribution < -0.4 is 0 Å². The molecule has 13 heavy (non-hydrogen) atoms. The molecule has 0 saturated heterocycles. The van der Waals surface area contributed by atoms with Crippen LogP contribution in [-0.2, 0) is 19.1 Å². The summed E-state index contributed by atoms with van der Waals surface area (Å²) in [5.74, 6) is -1.35. The molecule has 6 heteroatoms. The lowest BCUT2D eigenvalue weighted by atomic mass is 10.4. The van der Waals surface area contributed by atoms with E-state index in [1.807, 2.05) is 0 Å². The Morgan fingerprint density at radius 1 is 1.31 bits per heavy atom. The highest BCUT2D eigenvalue weighted by molar-refractivity contribution is 5.70. The second kappa shape index (κ2) is 6.38. The van der Waals surface area contributed by atoms with Gasteiger partial charge in [0, 0.05) is 6.92 Å². The zero-order chi connectivity index (χ0) is 10.3. The molecule has 2 N–H and O–H groups in total. The number of carbonyl (C=O) groups is 2. The SMILES string of the molecule is CC(=O)OCC(O)COC(=O)CO. The van der Waals surface area contributed by atoms with Crippen molar-refractivity contribution < 1.29 is 29.3 Å². The molecule has 0 aromatic rings. The minimum absolute atomic E-state index is 0.228. The van der Waals surface area contributed by atoms with E-state index < -0.39 is 24.6 Å². The lowest BCUT2D eigenvalue weighted by Gasteiger charge is -2.09. The summed E-state index contributed by atoms with van der Waals surface area (Å²) in [5, 5.41) is 17.2. The Hall–Kier alpha value is -1.14. The van der Waals surface area contributed by atoms with Crippen LogP contribution >= 0.6 is 0 Å². The van der Waals surface area contributed by atoms with Crippen LogP contribution in [0.25, 0.3) is 0 Å². The topological polar surface area (TPSA) is 93.1 Å². The van der Waals surface area contributed by atoms with E-state index >= 15 is 0 Å². The normalized spacial score (nSPS) is 11.9. The molecule has 0 rings (SSSR count). The monoisotopic (exact) mass is 192 g/mol. The molecule has 76 valence electrons. The molecule has 1 atom stereocenters. The standard InChI is InChI=1S/C7H12O6/c1-5(9)12-3-6(10)4-13-7(11)2-8/h6,8,10H,2-4H2,1H3. The van der Waals surface area contributed by atoms with Gasteiger partial charge in [-0.25, -0.2) is 4.79 Å². The van der Waals surface area contributed by atoms with E-state index in [2.05, 4.69) is 9.47 Å². The number of esters is 2. The third kappa shape index (κ3) is 7.23. The van der Waals surface area contributed by atoms with Gasteiger partial charge in [-0.1, -0.05) is 0 Å². The van der Waals surface area contributed by atoms with Gasteiger partial charge in [0.1, 0.15) is 25.9 Å². The molecular weight excluding hydrogens is 180 g/mol. The third-order valence-corrected chi connectivity index (χ3v) is 1.04. The summed E-state index contributed by atoms with van der Waals surface area (Å²) in [6, 6.07) is 0. The molecule has 0 amide bonds. The van der Waals surface area contributed by atoms with Gasteiger partial charge in [-0.15, -0.1) is 0 Å². The minimum atomic E-state index is -1.06. The molecule has 0 bridgehead atoms. The number of aliphatic hydroxyl groups excluding tert-OH is 2. The number of carbonyl (C=O) groups excluding carboxylic acids is 2. The van der Waals surface area contributed by atoms with Gasteiger partial charge in [0.25, 0.3) is 0 Å². The van der Waals surface area contributed by atoms with Crippen molar-refractivity contribution in [2.45, 2.75) is 13.0 Å². The third-order valence-electron chi connectivity index (χ3n) is 1.04. The molecule has 6 nitrogen and oxygen atoms in total. The van der Waals surface area contributed by atoms with Crippen molar-refractivity contribution >= 4 is 11.9 Å². The predicted octanol–water partition coefficient (Wildman–Crippen LogP) is -1.55. The average Bonchev–Trinajstić information content (AvgIpc) is 2.10. The van der Waals surface area contributed by atoms with Gasteiger partial charge in [0.05, 0.1) is 0 Å². The number of hydrogen-bond donors (Lipinski definition) is 2. The smallest absolute Gasteiger partial charge is 0.331 e. The summed E-state index contributed by atoms with van der Waals surface area (Å²) in [6.45, 7) is -0.0621. The van der Waals surface area contributed by atoms with Crippen molar-refractivity contribution in [1.82, 2.24) is 0 Å². The van der Waals surface area contributed by atoms with Gasteiger partial charge in [0.15, 0.2) is 0 Å². The molecular formula is C7H12O6. The second-order valence-corrected chi connectivity index (χ2v) is 2.30. The van der Waals surface area contributed by atoms with Gasteiger partial charge in [0.2, 0.25) is 0 Å². The van der Waals surface area contributed by atoms with Crippen LogP contribution in [0.15, 0.2) is 0 Å². The zero-order valence-electron chi connectivity index (χ0n) is 7.23. The second-order valence-electron chi connectivity index (χ2n) is 2.30. The van der Waals surface area contributed by atoms with Crippen LogP contribution in [0.1, 0.15) is 6.92 Å². The molecule has 0 aromatic carbocycles. The van der Waals surface area contributed by atoms with Crippen LogP contribution in [0.5, 0.6) is 0 Å². The van der Waals surface area contributed by atoms with Crippen molar-refractivity contribution in [3.8, 4) is 0 Å². The highest BCUT2D eigenvalue weighted by atomic mass is 16.6. The summed E-state index contributed by atoms with van der Waals surface area (Å²) in [5.41, 5.74) is 0. The largest absolute Gasteiger partial charge is 0.463 e. The van der Waals surface area contributed by atoms with Crippen molar-refractivity contribution in [3.63, 3.8) is 0 Å². The van der Waals surface area contributed by atoms with Gasteiger partial charge >= 0.3 is 11.9 Å². The van der Waals surface area contributed by atoms with E-state index in [9.17, 15) is 9.59 Å². The maximum Gasteiger partial charge on any atom is 0.331 e. The Bertz CT molecular complexity index is 178. The summed E-state index contributed by atoms with van der Waals surface area (Å²) in [4.78, 5) is 20.6. The first kappa shape index (κ1) is 11.9. The molecule has 0 aliphatic heterocycles. The molecule has 0 aromatic heterocycles. The molecule has 1 unspecified atom stereocenters. The lowest BCUT2D eigenvalue weighted by molar-refractivity contribution is -0.153. The Balaban J connectivity index is 3.45. The molecule has 0 aliphatic carbocycles. The fourth-order valence-electron chi connectivity index (χ4n) is 0.496. The number of aliphatic hydroxyl groups is 2. The highest BCUT2D eigenvalue weighted by Crippen LogP contribution is 1.88. The van der Waals surface area contributed by atoms with Crippen LogP contribution in [0, 0.1) is 0 Å². The van der Waals surface area contributed by atoms with E-state index in [1.54, 1.807) is 0 Å². The van der Waals surface area contributed by atoms with E-state index in [0.29, 0.717) is 0 Å². The fourth-order valence-corrected chi connectivity index (χ4v) is 0.496. The van der Waals surface area contributed by atoms with Crippen molar-refractivity contribution in [3.05, 3.63) is 0 Å². The zero-order valence-corrected chi connectivity index (χ0v) is 7.23. The first-order chi connectivity index (χ1) is 6.06. The highest BCUT2D eigenvalue weighted by Gasteiger charge is 2.09. The fraction of sp³-hybridized carbons (Fsp3) is 0.714. The van der Waals surface area contributed by atoms with Crippen LogP contribution in [0.4, 0.5) is 0 Å². The maximum atomic E-state index is 10.4. The Kier molecular flexibility index (Phi) is 5.82. The molecule has 0 aliphatic rings. The maximum absolute atomic E-state index is 10.4. The number of hydrogen-bond acceptors (Lipinski definition) is 6. The average molecular weight is 192 g/mol. The number of ether oxygens (including phenoxy) is 2. The first-order valence-electron chi connectivity index (χ1n) is 3.64. The van der Waals surface area contributed by atoms with Crippen molar-refractivity contribution in [1.29, 1.82) is 0 Å². The van der Waals surface area contributed by atoms with E-state index in [4.69, 9.17) is 10.2 Å². The summed E-state index contributed by atoms with van der Waals surface area (Å²) in [7, 11) is 0. The Morgan fingerprint density at radius 2 is 1.85 bits per heavy atom. The lowest BCUT2D eigenvalue weighted by Crippen LogP contribution is -2.25. The first-order valence-corrected chi connectivity index (χ1v) is 3.64. The molecule has 0 fully saturated rings. The van der Waals surface area contributed by atoms with Crippen molar-refractivity contribution in [2.24, 2.45) is 0 Å². The predicted molar refractivity (Wildman–Crippen MR) is 40.7 cm³/mol. The van der Waals surface area contributed by atoms with Crippen LogP contribution in [0.2, 0.25) is 0 Å². The molecule has 0 heterocycles. The number of rotatable bonds is 5. The Morgan fingerprint density at radius 3 is 2.31 bits per heavy atom. The van der Waals surface area contributed by atoms with Gasteiger partial charge in [-0.05, 0) is 0 Å².